The standard InChI is InChI=1S/C12H15NO/c1-8-2-3-10-9(4-8)7-14-12-6-13-5-11(10)12/h2-4,11-13H,5-7H2,1H3/t11-,12-/m1/s1. The molecule has 0 radical (unpaired) electrons. The Bertz CT molecular complexity index is 361. The Kier molecular flexibility index (Phi) is 1.85. The van der Waals surface area contributed by atoms with Gasteiger partial charge in [-0.2, -0.15) is 0 Å². The van der Waals surface area contributed by atoms with E-state index in [9.17, 15) is 0 Å². The molecule has 1 fully saturated rings. The molecule has 2 atom stereocenters. The second kappa shape index (κ2) is 3.07. The van der Waals surface area contributed by atoms with E-state index in [0.29, 0.717) is 12.0 Å². The summed E-state index contributed by atoms with van der Waals surface area (Å²) in [6, 6.07) is 6.74. The van der Waals surface area contributed by atoms with Crippen molar-refractivity contribution >= 4 is 0 Å². The van der Waals surface area contributed by atoms with Gasteiger partial charge in [0.2, 0.25) is 0 Å². The first kappa shape index (κ1) is 8.45. The maximum atomic E-state index is 5.82. The average Bonchev–Trinajstić information content (AvgIpc) is 2.65. The lowest BCUT2D eigenvalue weighted by Gasteiger charge is -2.28. The molecule has 0 unspecified atom stereocenters. The van der Waals surface area contributed by atoms with Gasteiger partial charge >= 0.3 is 0 Å². The van der Waals surface area contributed by atoms with Gasteiger partial charge < -0.3 is 10.1 Å². The first-order valence-corrected chi connectivity index (χ1v) is 5.26. The smallest absolute Gasteiger partial charge is 0.0784 e. The first-order chi connectivity index (χ1) is 6.84. The highest BCUT2D eigenvalue weighted by molar-refractivity contribution is 5.37. The van der Waals surface area contributed by atoms with Gasteiger partial charge in [-0.05, 0) is 18.1 Å². The van der Waals surface area contributed by atoms with Gasteiger partial charge in [-0.15, -0.1) is 0 Å². The summed E-state index contributed by atoms with van der Waals surface area (Å²) in [4.78, 5) is 0. The fourth-order valence-electron chi connectivity index (χ4n) is 2.56. The van der Waals surface area contributed by atoms with Crippen LogP contribution >= 0.6 is 0 Å². The van der Waals surface area contributed by atoms with Crippen molar-refractivity contribution in [2.45, 2.75) is 25.6 Å². The van der Waals surface area contributed by atoms with Crippen molar-refractivity contribution < 1.29 is 4.74 Å². The van der Waals surface area contributed by atoms with Crippen molar-refractivity contribution in [1.82, 2.24) is 5.32 Å². The lowest BCUT2D eigenvalue weighted by Crippen LogP contribution is -2.26. The van der Waals surface area contributed by atoms with Crippen molar-refractivity contribution in [3.05, 3.63) is 34.9 Å². The van der Waals surface area contributed by atoms with E-state index in [0.717, 1.165) is 19.7 Å². The monoisotopic (exact) mass is 189 g/mol. The van der Waals surface area contributed by atoms with Crippen LogP contribution in [-0.2, 0) is 11.3 Å². The molecule has 0 aliphatic carbocycles. The zero-order valence-electron chi connectivity index (χ0n) is 8.42. The Morgan fingerprint density at radius 1 is 1.36 bits per heavy atom. The second-order valence-electron chi connectivity index (χ2n) is 4.32. The Balaban J connectivity index is 2.05. The lowest BCUT2D eigenvalue weighted by atomic mass is 9.89. The average molecular weight is 189 g/mol. The van der Waals surface area contributed by atoms with Gasteiger partial charge in [0.1, 0.15) is 0 Å². The number of rotatable bonds is 0. The summed E-state index contributed by atoms with van der Waals surface area (Å²) in [6.07, 6.45) is 0.408. The molecule has 0 aromatic heterocycles. The molecule has 14 heavy (non-hydrogen) atoms. The number of hydrogen-bond acceptors (Lipinski definition) is 2. The molecule has 0 spiro atoms. The van der Waals surface area contributed by atoms with Crippen LogP contribution in [0.5, 0.6) is 0 Å². The molecule has 2 aliphatic rings. The Labute approximate surface area is 84.3 Å². The van der Waals surface area contributed by atoms with Gasteiger partial charge in [0, 0.05) is 19.0 Å². The predicted molar refractivity (Wildman–Crippen MR) is 55.4 cm³/mol. The summed E-state index contributed by atoms with van der Waals surface area (Å²) in [7, 11) is 0. The number of hydrogen-bond donors (Lipinski definition) is 1. The number of benzene rings is 1. The highest BCUT2D eigenvalue weighted by Crippen LogP contribution is 2.33. The number of ether oxygens (including phenoxy) is 1. The van der Waals surface area contributed by atoms with E-state index in [4.69, 9.17) is 4.74 Å². The molecule has 74 valence electrons. The molecular weight excluding hydrogens is 174 g/mol. The summed E-state index contributed by atoms with van der Waals surface area (Å²) in [5.74, 6) is 0.583. The number of aryl methyl sites for hydroxylation is 1. The van der Waals surface area contributed by atoms with Crippen molar-refractivity contribution in [2.24, 2.45) is 0 Å². The first-order valence-electron chi connectivity index (χ1n) is 5.26. The van der Waals surface area contributed by atoms with Crippen LogP contribution in [0.15, 0.2) is 18.2 Å². The largest absolute Gasteiger partial charge is 0.372 e. The molecule has 0 saturated carbocycles. The van der Waals surface area contributed by atoms with Crippen molar-refractivity contribution in [2.75, 3.05) is 13.1 Å². The minimum atomic E-state index is 0.408. The quantitative estimate of drug-likeness (QED) is 0.669. The zero-order valence-corrected chi connectivity index (χ0v) is 8.42. The molecule has 0 bridgehead atoms. The van der Waals surface area contributed by atoms with E-state index in [1.54, 1.807) is 0 Å². The van der Waals surface area contributed by atoms with Gasteiger partial charge in [0.15, 0.2) is 0 Å². The van der Waals surface area contributed by atoms with E-state index in [1.807, 2.05) is 0 Å². The van der Waals surface area contributed by atoms with Crippen LogP contribution < -0.4 is 5.32 Å². The van der Waals surface area contributed by atoms with Crippen LogP contribution in [0, 0.1) is 6.92 Å². The SMILES string of the molecule is Cc1ccc2c(c1)CO[C@@H]1CNC[C@H]21. The Morgan fingerprint density at radius 3 is 3.21 bits per heavy atom. The van der Waals surface area contributed by atoms with E-state index in [1.165, 1.54) is 16.7 Å². The third-order valence-electron chi connectivity index (χ3n) is 3.31. The highest BCUT2D eigenvalue weighted by atomic mass is 16.5. The fourth-order valence-corrected chi connectivity index (χ4v) is 2.56. The molecule has 1 N–H and O–H groups in total. The summed E-state index contributed by atoms with van der Waals surface area (Å²) < 4.78 is 5.82. The highest BCUT2D eigenvalue weighted by Gasteiger charge is 2.33. The molecule has 0 amide bonds. The van der Waals surface area contributed by atoms with Crippen LogP contribution in [0.4, 0.5) is 0 Å². The van der Waals surface area contributed by atoms with Gasteiger partial charge in [0.25, 0.3) is 0 Å². The van der Waals surface area contributed by atoms with E-state index in [-0.39, 0.29) is 0 Å². The van der Waals surface area contributed by atoms with Gasteiger partial charge in [0.05, 0.1) is 12.7 Å². The molecule has 2 heteroatoms. The van der Waals surface area contributed by atoms with E-state index < -0.39 is 0 Å². The van der Waals surface area contributed by atoms with Crippen LogP contribution in [0.2, 0.25) is 0 Å². The summed E-state index contributed by atoms with van der Waals surface area (Å²) in [5.41, 5.74) is 4.21. The van der Waals surface area contributed by atoms with Crippen LogP contribution in [-0.4, -0.2) is 19.2 Å². The summed E-state index contributed by atoms with van der Waals surface area (Å²) in [5, 5.41) is 3.39. The van der Waals surface area contributed by atoms with Crippen molar-refractivity contribution in [1.29, 1.82) is 0 Å². The minimum Gasteiger partial charge on any atom is -0.372 e. The topological polar surface area (TPSA) is 21.3 Å². The number of nitrogens with one attached hydrogen (secondary N) is 1. The van der Waals surface area contributed by atoms with Gasteiger partial charge in [-0.3, -0.25) is 0 Å². The third-order valence-corrected chi connectivity index (χ3v) is 3.31. The van der Waals surface area contributed by atoms with Gasteiger partial charge in [-0.25, -0.2) is 0 Å². The molecule has 2 aliphatic heterocycles. The van der Waals surface area contributed by atoms with Crippen LogP contribution in [0.1, 0.15) is 22.6 Å². The van der Waals surface area contributed by atoms with Crippen molar-refractivity contribution in [3.63, 3.8) is 0 Å². The zero-order chi connectivity index (χ0) is 9.54. The Morgan fingerprint density at radius 2 is 2.29 bits per heavy atom. The van der Waals surface area contributed by atoms with Crippen LogP contribution in [0.25, 0.3) is 0 Å². The molecule has 2 heterocycles. The predicted octanol–water partition coefficient (Wildman–Crippen LogP) is 1.58. The maximum absolute atomic E-state index is 5.82. The lowest BCUT2D eigenvalue weighted by molar-refractivity contribution is 0.0299. The normalized spacial score (nSPS) is 29.8. The minimum absolute atomic E-state index is 0.408. The number of fused-ring (bicyclic) bond motifs is 3. The van der Waals surface area contributed by atoms with Crippen LogP contribution in [0.3, 0.4) is 0 Å². The summed E-state index contributed by atoms with van der Waals surface area (Å²) in [6.45, 7) is 5.01. The third kappa shape index (κ3) is 1.18. The van der Waals surface area contributed by atoms with E-state index >= 15 is 0 Å². The maximum Gasteiger partial charge on any atom is 0.0784 e. The Hall–Kier alpha value is -0.860. The molecule has 3 rings (SSSR count). The second-order valence-corrected chi connectivity index (χ2v) is 4.32. The molecule has 1 aromatic carbocycles. The molecule has 1 aromatic rings. The van der Waals surface area contributed by atoms with Gasteiger partial charge in [-0.1, -0.05) is 23.8 Å². The fraction of sp³-hybridized carbons (Fsp3) is 0.500. The molecule has 2 nitrogen and oxygen atoms in total. The molecule has 1 saturated heterocycles. The van der Waals surface area contributed by atoms with E-state index in [2.05, 4.69) is 30.4 Å². The summed E-state index contributed by atoms with van der Waals surface area (Å²) >= 11 is 0. The van der Waals surface area contributed by atoms with Crippen molar-refractivity contribution in [3.8, 4) is 0 Å². The molecular formula is C12H15NO.